The van der Waals surface area contributed by atoms with Crippen LogP contribution in [0.3, 0.4) is 0 Å². The summed E-state index contributed by atoms with van der Waals surface area (Å²) in [5, 5.41) is 6.49. The number of anilines is 3. The number of aromatic amines is 1. The number of H-pyrrole nitrogens is 1. The minimum absolute atomic E-state index is 0.0500. The quantitative estimate of drug-likeness (QED) is 0.303. The summed E-state index contributed by atoms with van der Waals surface area (Å²) in [5.41, 5.74) is 6.11. The average molecular weight is 511 g/mol. The van der Waals surface area contributed by atoms with E-state index < -0.39 is 0 Å². The summed E-state index contributed by atoms with van der Waals surface area (Å²) in [5.74, 6) is 2.33. The first-order chi connectivity index (χ1) is 18.6. The minimum Gasteiger partial charge on any atom is -0.456 e. The number of nitrogens with zero attached hydrogens (tertiary/aromatic N) is 3. The van der Waals surface area contributed by atoms with Gasteiger partial charge in [-0.15, -0.1) is 0 Å². The van der Waals surface area contributed by atoms with E-state index in [-0.39, 0.29) is 17.7 Å². The van der Waals surface area contributed by atoms with Crippen LogP contribution in [0.4, 0.5) is 17.3 Å². The first-order valence-corrected chi connectivity index (χ1v) is 12.8. The van der Waals surface area contributed by atoms with Crippen LogP contribution in [0.5, 0.6) is 11.5 Å². The highest BCUT2D eigenvalue weighted by atomic mass is 16.5. The predicted octanol–water partition coefficient (Wildman–Crippen LogP) is 4.65. The number of para-hydroxylation sites is 1. The molecule has 1 fully saturated rings. The molecule has 6 rings (SSSR count). The van der Waals surface area contributed by atoms with Gasteiger partial charge in [-0.3, -0.25) is 4.79 Å². The van der Waals surface area contributed by atoms with Gasteiger partial charge in [-0.1, -0.05) is 18.2 Å². The number of benzene rings is 2. The number of hydrogen-bond acceptors (Lipinski definition) is 8. The monoisotopic (exact) mass is 510 g/mol. The van der Waals surface area contributed by atoms with Gasteiger partial charge in [0.05, 0.1) is 12.6 Å². The second-order valence-electron chi connectivity index (χ2n) is 9.61. The van der Waals surface area contributed by atoms with Crippen molar-refractivity contribution in [2.24, 2.45) is 0 Å². The van der Waals surface area contributed by atoms with E-state index in [1.54, 1.807) is 19.3 Å². The predicted molar refractivity (Wildman–Crippen MR) is 147 cm³/mol. The molecular formula is C29H30N6O3. The molecule has 0 bridgehead atoms. The Kier molecular flexibility index (Phi) is 6.43. The second-order valence-corrected chi connectivity index (χ2v) is 9.61. The van der Waals surface area contributed by atoms with Crippen LogP contribution < -0.4 is 25.8 Å². The topological polar surface area (TPSA) is 104 Å². The van der Waals surface area contributed by atoms with E-state index in [4.69, 9.17) is 9.47 Å². The zero-order chi connectivity index (χ0) is 26.1. The summed E-state index contributed by atoms with van der Waals surface area (Å²) in [6.07, 6.45) is 5.97. The largest absolute Gasteiger partial charge is 0.456 e. The number of hydrogen-bond donors (Lipinski definition) is 3. The molecule has 2 aromatic heterocycles. The summed E-state index contributed by atoms with van der Waals surface area (Å²) >= 11 is 0. The van der Waals surface area contributed by atoms with Crippen LogP contribution >= 0.6 is 0 Å². The summed E-state index contributed by atoms with van der Waals surface area (Å²) in [4.78, 5) is 25.3. The van der Waals surface area contributed by atoms with Crippen LogP contribution in [0.1, 0.15) is 41.3 Å². The number of nitrogens with one attached hydrogen (secondary N) is 3. The maximum absolute atomic E-state index is 11.8. The van der Waals surface area contributed by atoms with E-state index in [1.165, 1.54) is 0 Å². The maximum Gasteiger partial charge on any atom is 0.249 e. The zero-order valence-corrected chi connectivity index (χ0v) is 21.4. The normalized spacial score (nSPS) is 17.1. The van der Waals surface area contributed by atoms with Gasteiger partial charge in [0, 0.05) is 79.3 Å². The SMILES string of the molecule is CNc1ncc(C(C)Nc2ccc3c(c2)Cc2cccc(C4CN(c5cc[nH]c(=O)c5)CCO4)c2O3)cn1. The van der Waals surface area contributed by atoms with Crippen molar-refractivity contribution in [2.45, 2.75) is 25.5 Å². The average Bonchev–Trinajstić information content (AvgIpc) is 2.96. The Morgan fingerprint density at radius 2 is 1.97 bits per heavy atom. The van der Waals surface area contributed by atoms with Crippen molar-refractivity contribution in [3.05, 3.63) is 99.7 Å². The molecule has 2 aromatic carbocycles. The van der Waals surface area contributed by atoms with Crippen molar-refractivity contribution in [3.8, 4) is 11.5 Å². The van der Waals surface area contributed by atoms with Crippen molar-refractivity contribution in [3.63, 3.8) is 0 Å². The molecule has 0 amide bonds. The first-order valence-electron chi connectivity index (χ1n) is 12.8. The van der Waals surface area contributed by atoms with Gasteiger partial charge in [0.15, 0.2) is 0 Å². The smallest absolute Gasteiger partial charge is 0.249 e. The van der Waals surface area contributed by atoms with Crippen LogP contribution in [-0.4, -0.2) is 41.7 Å². The first kappa shape index (κ1) is 24.0. The van der Waals surface area contributed by atoms with Crippen molar-refractivity contribution >= 4 is 17.3 Å². The molecule has 0 spiro atoms. The van der Waals surface area contributed by atoms with Crippen molar-refractivity contribution in [1.29, 1.82) is 0 Å². The molecule has 2 unspecified atom stereocenters. The molecule has 0 saturated carbocycles. The molecule has 3 N–H and O–H groups in total. The van der Waals surface area contributed by atoms with Gasteiger partial charge < -0.3 is 30.0 Å². The molecule has 2 aliphatic heterocycles. The lowest BCUT2D eigenvalue weighted by Crippen LogP contribution is -2.39. The highest BCUT2D eigenvalue weighted by Gasteiger charge is 2.29. The van der Waals surface area contributed by atoms with Crippen molar-refractivity contribution in [2.75, 3.05) is 42.3 Å². The molecule has 2 aliphatic rings. The third kappa shape index (κ3) is 4.80. The summed E-state index contributed by atoms with van der Waals surface area (Å²) in [7, 11) is 1.80. The number of ether oxygens (including phenoxy) is 2. The van der Waals surface area contributed by atoms with Crippen LogP contribution in [0.25, 0.3) is 0 Å². The number of pyridine rings is 1. The number of fused-ring (bicyclic) bond motifs is 2. The lowest BCUT2D eigenvalue weighted by atomic mass is 9.95. The van der Waals surface area contributed by atoms with Crippen LogP contribution in [0, 0.1) is 0 Å². The summed E-state index contributed by atoms with van der Waals surface area (Å²) < 4.78 is 12.7. The number of aromatic nitrogens is 3. The molecule has 9 nitrogen and oxygen atoms in total. The minimum atomic E-state index is -0.155. The molecule has 0 radical (unpaired) electrons. The van der Waals surface area contributed by atoms with Crippen LogP contribution in [0.15, 0.2) is 71.9 Å². The standard InChI is InChI=1S/C29H30N6O3/c1-18(21-15-32-29(30-2)33-16-21)34-22-6-7-25-20(13-22)12-19-4-3-5-24(28(19)38-25)26-17-35(10-11-37-26)23-8-9-31-27(36)14-23/h3-9,13-16,18,26,34H,10-12,17H2,1-2H3,(H,31,36)(H,30,32,33). The van der Waals surface area contributed by atoms with Gasteiger partial charge in [-0.25, -0.2) is 9.97 Å². The van der Waals surface area contributed by atoms with Gasteiger partial charge in [0.25, 0.3) is 0 Å². The Morgan fingerprint density at radius 1 is 1.11 bits per heavy atom. The van der Waals surface area contributed by atoms with Gasteiger partial charge in [-0.05, 0) is 36.8 Å². The van der Waals surface area contributed by atoms with Gasteiger partial charge in [0.1, 0.15) is 17.6 Å². The van der Waals surface area contributed by atoms with E-state index in [1.807, 2.05) is 30.6 Å². The lowest BCUT2D eigenvalue weighted by Gasteiger charge is -2.36. The van der Waals surface area contributed by atoms with Gasteiger partial charge in [0.2, 0.25) is 11.5 Å². The Balaban J connectivity index is 1.20. The molecule has 9 heteroatoms. The summed E-state index contributed by atoms with van der Waals surface area (Å²) in [6.45, 7) is 4.05. The maximum atomic E-state index is 11.8. The van der Waals surface area contributed by atoms with Gasteiger partial charge in [-0.2, -0.15) is 0 Å². The van der Waals surface area contributed by atoms with Crippen molar-refractivity contribution < 1.29 is 9.47 Å². The third-order valence-electron chi connectivity index (χ3n) is 7.10. The molecule has 38 heavy (non-hydrogen) atoms. The summed E-state index contributed by atoms with van der Waals surface area (Å²) in [6, 6.07) is 16.1. The van der Waals surface area contributed by atoms with Crippen molar-refractivity contribution in [1.82, 2.24) is 15.0 Å². The second kappa shape index (κ2) is 10.2. The molecule has 4 aromatic rings. The number of rotatable bonds is 6. The molecular weight excluding hydrogens is 480 g/mol. The lowest BCUT2D eigenvalue weighted by molar-refractivity contribution is 0.0384. The highest BCUT2D eigenvalue weighted by molar-refractivity contribution is 5.59. The van der Waals surface area contributed by atoms with E-state index >= 15 is 0 Å². The Hall–Kier alpha value is -4.37. The van der Waals surface area contributed by atoms with E-state index in [9.17, 15) is 4.79 Å². The highest BCUT2D eigenvalue weighted by Crippen LogP contribution is 2.43. The Bertz CT molecular complexity index is 1500. The van der Waals surface area contributed by atoms with Crippen LogP contribution in [-0.2, 0) is 11.2 Å². The third-order valence-corrected chi connectivity index (χ3v) is 7.10. The fourth-order valence-electron chi connectivity index (χ4n) is 5.07. The molecule has 1 saturated heterocycles. The van der Waals surface area contributed by atoms with Crippen LogP contribution in [0.2, 0.25) is 0 Å². The Morgan fingerprint density at radius 3 is 2.79 bits per heavy atom. The Labute approximate surface area is 220 Å². The molecule has 0 aliphatic carbocycles. The molecule has 194 valence electrons. The van der Waals surface area contributed by atoms with E-state index in [0.29, 0.717) is 19.1 Å². The fraction of sp³-hybridized carbons (Fsp3) is 0.276. The number of morpholine rings is 1. The van der Waals surface area contributed by atoms with Gasteiger partial charge >= 0.3 is 0 Å². The molecule has 4 heterocycles. The molecule has 2 atom stereocenters. The fourth-order valence-corrected chi connectivity index (χ4v) is 5.07. The van der Waals surface area contributed by atoms with E-state index in [0.717, 1.165) is 58.1 Å². The zero-order valence-electron chi connectivity index (χ0n) is 21.4. The van der Waals surface area contributed by atoms with E-state index in [2.05, 4.69) is 61.7 Å².